The summed E-state index contributed by atoms with van der Waals surface area (Å²) in [5, 5.41) is 19.0. The zero-order chi connectivity index (χ0) is 14.7. The third-order valence-corrected chi connectivity index (χ3v) is 4.23. The van der Waals surface area contributed by atoms with E-state index in [0.717, 1.165) is 37.2 Å². The number of benzene rings is 1. The summed E-state index contributed by atoms with van der Waals surface area (Å²) in [5.74, 6) is 0. The molecule has 1 aliphatic heterocycles. The third kappa shape index (κ3) is 3.12. The topological polar surface area (TPSA) is 50.5 Å². The Bertz CT molecular complexity index is 499. The monoisotopic (exact) mass is 273 g/mol. The highest BCUT2D eigenvalue weighted by atomic mass is 16.3. The molecule has 0 aliphatic carbocycles. The van der Waals surface area contributed by atoms with Gasteiger partial charge in [0.05, 0.1) is 17.7 Å². The Balaban J connectivity index is 2.27. The van der Waals surface area contributed by atoms with Crippen LogP contribution in [-0.4, -0.2) is 43.2 Å². The van der Waals surface area contributed by atoms with Crippen LogP contribution in [0.5, 0.6) is 0 Å². The molecule has 20 heavy (non-hydrogen) atoms. The largest absolute Gasteiger partial charge is 0.389 e. The molecule has 0 bridgehead atoms. The molecule has 0 aromatic heterocycles. The lowest BCUT2D eigenvalue weighted by molar-refractivity contribution is 0.199. The standard InChI is InChI=1S/C16H23N3O/c1-12(20)15-5-4-13(11-17)10-16(15)19(3)14-6-8-18(2)9-7-14/h4-5,10,12,14,20H,6-9H2,1-3H3/t12-/m0/s1. The highest BCUT2D eigenvalue weighted by molar-refractivity contribution is 5.58. The van der Waals surface area contributed by atoms with Gasteiger partial charge in [0.15, 0.2) is 0 Å². The van der Waals surface area contributed by atoms with Gasteiger partial charge in [0, 0.05) is 24.3 Å². The lowest BCUT2D eigenvalue weighted by atomic mass is 9.99. The molecule has 0 radical (unpaired) electrons. The molecule has 1 saturated heterocycles. The number of likely N-dealkylation sites (tertiary alicyclic amines) is 1. The third-order valence-electron chi connectivity index (χ3n) is 4.23. The molecule has 1 fully saturated rings. The zero-order valence-electron chi connectivity index (χ0n) is 12.5. The predicted molar refractivity (Wildman–Crippen MR) is 80.7 cm³/mol. The Hall–Kier alpha value is -1.57. The number of rotatable bonds is 3. The molecule has 4 heteroatoms. The molecular formula is C16H23N3O. The predicted octanol–water partition coefficient (Wildman–Crippen LogP) is 2.14. The van der Waals surface area contributed by atoms with E-state index in [9.17, 15) is 5.11 Å². The van der Waals surface area contributed by atoms with Crippen LogP contribution in [0.1, 0.15) is 37.0 Å². The number of aliphatic hydroxyl groups is 1. The maximum atomic E-state index is 9.94. The first-order valence-electron chi connectivity index (χ1n) is 7.16. The van der Waals surface area contributed by atoms with Crippen LogP contribution < -0.4 is 4.90 Å². The van der Waals surface area contributed by atoms with Gasteiger partial charge in [0.1, 0.15) is 0 Å². The molecule has 1 heterocycles. The SMILES string of the molecule is C[C@H](O)c1ccc(C#N)cc1N(C)C1CCN(C)CC1. The van der Waals surface area contributed by atoms with Crippen LogP contribution in [0.3, 0.4) is 0 Å². The quantitative estimate of drug-likeness (QED) is 0.916. The van der Waals surface area contributed by atoms with Crippen molar-refractivity contribution in [3.63, 3.8) is 0 Å². The maximum absolute atomic E-state index is 9.94. The number of piperidine rings is 1. The second-order valence-electron chi connectivity index (χ2n) is 5.71. The van der Waals surface area contributed by atoms with Gasteiger partial charge in [0.2, 0.25) is 0 Å². The Labute approximate surface area is 121 Å². The lowest BCUT2D eigenvalue weighted by Crippen LogP contribution is -2.42. The second-order valence-corrected chi connectivity index (χ2v) is 5.71. The summed E-state index contributed by atoms with van der Waals surface area (Å²) in [6.45, 7) is 3.96. The van der Waals surface area contributed by atoms with Crippen LogP contribution in [0.15, 0.2) is 18.2 Å². The molecule has 1 N–H and O–H groups in total. The molecule has 1 aromatic rings. The van der Waals surface area contributed by atoms with Gasteiger partial charge in [-0.05, 0) is 52.0 Å². The molecule has 4 nitrogen and oxygen atoms in total. The Morgan fingerprint density at radius 2 is 2.05 bits per heavy atom. The first-order chi connectivity index (χ1) is 9.52. The van der Waals surface area contributed by atoms with E-state index in [1.54, 1.807) is 13.0 Å². The van der Waals surface area contributed by atoms with Gasteiger partial charge in [-0.2, -0.15) is 5.26 Å². The smallest absolute Gasteiger partial charge is 0.0992 e. The fourth-order valence-electron chi connectivity index (χ4n) is 2.85. The van der Waals surface area contributed by atoms with E-state index in [1.165, 1.54) is 0 Å². The molecular weight excluding hydrogens is 250 g/mol. The maximum Gasteiger partial charge on any atom is 0.0992 e. The minimum atomic E-state index is -0.522. The summed E-state index contributed by atoms with van der Waals surface area (Å²) < 4.78 is 0. The summed E-state index contributed by atoms with van der Waals surface area (Å²) in [5.41, 5.74) is 2.52. The first-order valence-corrected chi connectivity index (χ1v) is 7.16. The van der Waals surface area contributed by atoms with Crippen molar-refractivity contribution in [2.45, 2.75) is 31.9 Å². The fraction of sp³-hybridized carbons (Fsp3) is 0.562. The summed E-state index contributed by atoms with van der Waals surface area (Å²) >= 11 is 0. The van der Waals surface area contributed by atoms with Crippen molar-refractivity contribution in [2.24, 2.45) is 0 Å². The highest BCUT2D eigenvalue weighted by Gasteiger charge is 2.23. The summed E-state index contributed by atoms with van der Waals surface area (Å²) in [4.78, 5) is 4.57. The van der Waals surface area contributed by atoms with Crippen molar-refractivity contribution >= 4 is 5.69 Å². The van der Waals surface area contributed by atoms with Gasteiger partial charge in [-0.25, -0.2) is 0 Å². The number of aliphatic hydroxyl groups excluding tert-OH is 1. The Kier molecular flexibility index (Phi) is 4.64. The Morgan fingerprint density at radius 3 is 2.60 bits per heavy atom. The van der Waals surface area contributed by atoms with Gasteiger partial charge in [0.25, 0.3) is 0 Å². The number of hydrogen-bond donors (Lipinski definition) is 1. The number of hydrogen-bond acceptors (Lipinski definition) is 4. The summed E-state index contributed by atoms with van der Waals surface area (Å²) in [6, 6.07) is 8.18. The van der Waals surface area contributed by atoms with Crippen molar-refractivity contribution in [1.29, 1.82) is 5.26 Å². The number of nitrogens with zero attached hydrogens (tertiary/aromatic N) is 3. The molecule has 1 aliphatic rings. The van der Waals surface area contributed by atoms with Crippen molar-refractivity contribution in [2.75, 3.05) is 32.1 Å². The summed E-state index contributed by atoms with van der Waals surface area (Å²) in [6.07, 6.45) is 1.71. The van der Waals surface area contributed by atoms with E-state index in [0.29, 0.717) is 11.6 Å². The van der Waals surface area contributed by atoms with E-state index >= 15 is 0 Å². The molecule has 0 unspecified atom stereocenters. The van der Waals surface area contributed by atoms with E-state index in [2.05, 4.69) is 30.0 Å². The zero-order valence-corrected chi connectivity index (χ0v) is 12.5. The van der Waals surface area contributed by atoms with E-state index < -0.39 is 6.10 Å². The molecule has 1 aromatic carbocycles. The van der Waals surface area contributed by atoms with Crippen molar-refractivity contribution in [1.82, 2.24) is 4.90 Å². The van der Waals surface area contributed by atoms with Gasteiger partial charge in [-0.3, -0.25) is 0 Å². The Morgan fingerprint density at radius 1 is 1.40 bits per heavy atom. The van der Waals surface area contributed by atoms with Crippen molar-refractivity contribution in [3.05, 3.63) is 29.3 Å². The van der Waals surface area contributed by atoms with Crippen LogP contribution in [-0.2, 0) is 0 Å². The van der Waals surface area contributed by atoms with E-state index in [1.807, 2.05) is 12.1 Å². The average molecular weight is 273 g/mol. The minimum Gasteiger partial charge on any atom is -0.389 e. The van der Waals surface area contributed by atoms with Crippen LogP contribution >= 0.6 is 0 Å². The molecule has 0 amide bonds. The number of anilines is 1. The van der Waals surface area contributed by atoms with Crippen molar-refractivity contribution < 1.29 is 5.11 Å². The first kappa shape index (κ1) is 14.8. The van der Waals surface area contributed by atoms with Gasteiger partial charge < -0.3 is 14.9 Å². The molecule has 0 saturated carbocycles. The van der Waals surface area contributed by atoms with Crippen LogP contribution in [0.25, 0.3) is 0 Å². The van der Waals surface area contributed by atoms with Gasteiger partial charge >= 0.3 is 0 Å². The van der Waals surface area contributed by atoms with Crippen molar-refractivity contribution in [3.8, 4) is 6.07 Å². The highest BCUT2D eigenvalue weighted by Crippen LogP contribution is 2.30. The van der Waals surface area contributed by atoms with E-state index in [4.69, 9.17) is 5.26 Å². The van der Waals surface area contributed by atoms with Gasteiger partial charge in [-0.15, -0.1) is 0 Å². The average Bonchev–Trinajstić information content (AvgIpc) is 2.46. The molecule has 1 atom stereocenters. The molecule has 0 spiro atoms. The minimum absolute atomic E-state index is 0.470. The fourth-order valence-corrected chi connectivity index (χ4v) is 2.85. The van der Waals surface area contributed by atoms with E-state index in [-0.39, 0.29) is 0 Å². The second kappa shape index (κ2) is 6.25. The van der Waals surface area contributed by atoms with Crippen LogP contribution in [0, 0.1) is 11.3 Å². The normalized spacial score (nSPS) is 18.6. The van der Waals surface area contributed by atoms with Crippen LogP contribution in [0.2, 0.25) is 0 Å². The van der Waals surface area contributed by atoms with Crippen LogP contribution in [0.4, 0.5) is 5.69 Å². The summed E-state index contributed by atoms with van der Waals surface area (Å²) in [7, 11) is 4.21. The lowest BCUT2D eigenvalue weighted by Gasteiger charge is -2.37. The number of nitriles is 1. The molecule has 2 rings (SSSR count). The molecule has 108 valence electrons. The van der Waals surface area contributed by atoms with Gasteiger partial charge in [-0.1, -0.05) is 6.07 Å².